The first kappa shape index (κ1) is 24.8. The molecule has 0 aromatic heterocycles. The number of hydrogen-bond donors (Lipinski definition) is 0. The number of hydrogen-bond acceptors (Lipinski definition) is 4. The fourth-order valence-corrected chi connectivity index (χ4v) is 5.48. The summed E-state index contributed by atoms with van der Waals surface area (Å²) in [5.41, 5.74) is 0.884. The van der Waals surface area contributed by atoms with E-state index in [4.69, 9.17) is 4.43 Å². The van der Waals surface area contributed by atoms with Crippen LogP contribution in [0.25, 0.3) is 0 Å². The molecule has 1 rings (SSSR count). The molecule has 1 aliphatic carbocycles. The second-order valence-corrected chi connectivity index (χ2v) is 20.0. The normalized spacial score (nSPS) is 19.3. The SMILES string of the molecule is COC(=O)C=CCC=C(CC1=CC(O[Si](C)(C)C(C)(C)C)CC1=O)[Si](C)(C)C. The highest BCUT2D eigenvalue weighted by Crippen LogP contribution is 2.39. The van der Waals surface area contributed by atoms with Crippen LogP contribution >= 0.6 is 0 Å². The Bertz CT molecular complexity index is 674. The maximum Gasteiger partial charge on any atom is 0.330 e. The van der Waals surface area contributed by atoms with Gasteiger partial charge in [-0.3, -0.25) is 4.79 Å². The van der Waals surface area contributed by atoms with Crippen LogP contribution in [0.15, 0.2) is 35.1 Å². The van der Waals surface area contributed by atoms with E-state index in [-0.39, 0.29) is 22.9 Å². The second kappa shape index (κ2) is 9.50. The topological polar surface area (TPSA) is 52.6 Å². The number of rotatable bonds is 8. The van der Waals surface area contributed by atoms with Crippen molar-refractivity contribution in [2.75, 3.05) is 7.11 Å². The van der Waals surface area contributed by atoms with Gasteiger partial charge in [-0.2, -0.15) is 0 Å². The first-order valence-corrected chi connectivity index (χ1v) is 16.4. The molecule has 0 fully saturated rings. The van der Waals surface area contributed by atoms with E-state index in [0.29, 0.717) is 19.3 Å². The molecule has 1 aliphatic rings. The zero-order chi connectivity index (χ0) is 21.8. The van der Waals surface area contributed by atoms with Gasteiger partial charge in [-0.1, -0.05) is 57.8 Å². The van der Waals surface area contributed by atoms with Gasteiger partial charge in [0, 0.05) is 12.5 Å². The zero-order valence-corrected chi connectivity index (χ0v) is 21.1. The molecule has 4 nitrogen and oxygen atoms in total. The molecular weight excluding hydrogens is 384 g/mol. The van der Waals surface area contributed by atoms with E-state index in [1.165, 1.54) is 18.4 Å². The maximum atomic E-state index is 12.6. The van der Waals surface area contributed by atoms with Crippen molar-refractivity contribution in [3.63, 3.8) is 0 Å². The molecule has 6 heteroatoms. The number of Topliss-reactive ketones (excluding diaryl/α,β-unsaturated/α-hetero) is 1. The predicted molar refractivity (Wildman–Crippen MR) is 122 cm³/mol. The summed E-state index contributed by atoms with van der Waals surface area (Å²) in [7, 11) is -2.11. The van der Waals surface area contributed by atoms with Crippen molar-refractivity contribution < 1.29 is 18.8 Å². The Kier molecular flexibility index (Phi) is 8.41. The highest BCUT2D eigenvalue weighted by atomic mass is 28.4. The van der Waals surface area contributed by atoms with Crippen molar-refractivity contribution in [1.29, 1.82) is 0 Å². The van der Waals surface area contributed by atoms with E-state index in [1.807, 2.05) is 0 Å². The number of allylic oxidation sites excluding steroid dienone is 4. The smallest absolute Gasteiger partial charge is 0.330 e. The molecule has 0 saturated heterocycles. The Labute approximate surface area is 173 Å². The summed E-state index contributed by atoms with van der Waals surface area (Å²) in [6.45, 7) is 18.0. The van der Waals surface area contributed by atoms with Crippen LogP contribution in [0.2, 0.25) is 37.8 Å². The molecule has 158 valence electrons. The quantitative estimate of drug-likeness (QED) is 0.291. The van der Waals surface area contributed by atoms with Crippen LogP contribution in [0.5, 0.6) is 0 Å². The summed E-state index contributed by atoms with van der Waals surface area (Å²) in [6.07, 6.45) is 9.21. The van der Waals surface area contributed by atoms with Crippen LogP contribution < -0.4 is 0 Å². The van der Waals surface area contributed by atoms with Gasteiger partial charge in [0.15, 0.2) is 14.1 Å². The van der Waals surface area contributed by atoms with Crippen LogP contribution in [-0.2, 0) is 18.8 Å². The molecule has 0 aromatic rings. The van der Waals surface area contributed by atoms with Gasteiger partial charge < -0.3 is 9.16 Å². The molecule has 28 heavy (non-hydrogen) atoms. The minimum atomic E-state index is -1.90. The third kappa shape index (κ3) is 7.30. The molecule has 0 aromatic carbocycles. The number of carbonyl (C=O) groups excluding carboxylic acids is 2. The Hall–Kier alpha value is -1.25. The van der Waals surface area contributed by atoms with Crippen LogP contribution in [0.4, 0.5) is 0 Å². The average Bonchev–Trinajstić information content (AvgIpc) is 2.86. The Morgan fingerprint density at radius 2 is 1.82 bits per heavy atom. The lowest BCUT2D eigenvalue weighted by Gasteiger charge is -2.37. The number of ketones is 1. The summed E-state index contributed by atoms with van der Waals surface area (Å²) in [4.78, 5) is 23.8. The summed E-state index contributed by atoms with van der Waals surface area (Å²) < 4.78 is 11.1. The van der Waals surface area contributed by atoms with Crippen LogP contribution in [0, 0.1) is 0 Å². The summed E-state index contributed by atoms with van der Waals surface area (Å²) in [5, 5.41) is 1.46. The van der Waals surface area contributed by atoms with Gasteiger partial charge in [0.05, 0.1) is 21.3 Å². The molecule has 0 bridgehead atoms. The Balaban J connectivity index is 2.92. The fourth-order valence-electron chi connectivity index (χ4n) is 2.77. The molecule has 1 atom stereocenters. The molecule has 0 saturated carbocycles. The first-order valence-electron chi connectivity index (χ1n) is 10.0. The largest absolute Gasteiger partial charge is 0.466 e. The first-order chi connectivity index (χ1) is 12.7. The molecule has 0 radical (unpaired) electrons. The number of esters is 1. The average molecular weight is 423 g/mol. The van der Waals surface area contributed by atoms with Gasteiger partial charge in [-0.15, -0.1) is 0 Å². The van der Waals surface area contributed by atoms with E-state index in [9.17, 15) is 9.59 Å². The fraction of sp³-hybridized carbons (Fsp3) is 0.636. The van der Waals surface area contributed by atoms with Gasteiger partial charge in [0.25, 0.3) is 0 Å². The summed E-state index contributed by atoms with van der Waals surface area (Å²) >= 11 is 0. The Morgan fingerprint density at radius 1 is 1.21 bits per heavy atom. The van der Waals surface area contributed by atoms with Crippen LogP contribution in [-0.4, -0.2) is 41.4 Å². The minimum Gasteiger partial charge on any atom is -0.466 e. The van der Waals surface area contributed by atoms with Gasteiger partial charge in [-0.25, -0.2) is 4.79 Å². The van der Waals surface area contributed by atoms with Crippen LogP contribution in [0.3, 0.4) is 0 Å². The van der Waals surface area contributed by atoms with E-state index >= 15 is 0 Å². The summed E-state index contributed by atoms with van der Waals surface area (Å²) in [6, 6.07) is 0. The third-order valence-corrected chi connectivity index (χ3v) is 12.5. The van der Waals surface area contributed by atoms with Crippen molar-refractivity contribution in [3.8, 4) is 0 Å². The lowest BCUT2D eigenvalue weighted by Crippen LogP contribution is -2.43. The molecule has 0 N–H and O–H groups in total. The lowest BCUT2D eigenvalue weighted by atomic mass is 10.1. The monoisotopic (exact) mass is 422 g/mol. The van der Waals surface area contributed by atoms with Gasteiger partial charge >= 0.3 is 5.97 Å². The van der Waals surface area contributed by atoms with Crippen molar-refractivity contribution in [2.45, 2.75) is 83.9 Å². The number of methoxy groups -OCH3 is 1. The van der Waals surface area contributed by atoms with Gasteiger partial charge in [0.1, 0.15) is 0 Å². The Morgan fingerprint density at radius 3 is 2.32 bits per heavy atom. The third-order valence-electron chi connectivity index (χ3n) is 5.68. The maximum absolute atomic E-state index is 12.6. The van der Waals surface area contributed by atoms with Crippen molar-refractivity contribution in [1.82, 2.24) is 0 Å². The van der Waals surface area contributed by atoms with Gasteiger partial charge in [-0.05, 0) is 42.6 Å². The molecule has 0 amide bonds. The second-order valence-electron chi connectivity index (χ2n) is 10.1. The molecule has 1 unspecified atom stereocenters. The zero-order valence-electron chi connectivity index (χ0n) is 19.1. The van der Waals surface area contributed by atoms with E-state index in [2.05, 4.69) is 70.4 Å². The minimum absolute atomic E-state index is 0.0921. The standard InChI is InChI=1S/C22H38O4Si2/c1-22(2,3)28(8,9)26-18-14-17(20(23)16-18)15-19(27(5,6)7)12-10-11-13-21(24)25-4/h11-14,18H,10,15-16H2,1-9H3. The molecule has 0 heterocycles. The van der Waals surface area contributed by atoms with E-state index in [1.54, 1.807) is 6.08 Å². The van der Waals surface area contributed by atoms with Crippen molar-refractivity contribution >= 4 is 28.1 Å². The molecule has 0 spiro atoms. The highest BCUT2D eigenvalue weighted by molar-refractivity contribution is 6.83. The van der Waals surface area contributed by atoms with Crippen molar-refractivity contribution in [2.24, 2.45) is 0 Å². The van der Waals surface area contributed by atoms with Gasteiger partial charge in [0.2, 0.25) is 0 Å². The summed E-state index contributed by atoms with van der Waals surface area (Å²) in [5.74, 6) is -0.139. The molecule has 0 aliphatic heterocycles. The van der Waals surface area contributed by atoms with Crippen LogP contribution in [0.1, 0.15) is 40.0 Å². The van der Waals surface area contributed by atoms with E-state index < -0.39 is 16.4 Å². The highest BCUT2D eigenvalue weighted by Gasteiger charge is 2.40. The predicted octanol–water partition coefficient (Wildman–Crippen LogP) is 5.59. The number of ether oxygens (including phenoxy) is 1. The van der Waals surface area contributed by atoms with E-state index in [0.717, 1.165) is 5.57 Å². The lowest BCUT2D eigenvalue weighted by molar-refractivity contribution is -0.134. The van der Waals surface area contributed by atoms with Crippen molar-refractivity contribution in [3.05, 3.63) is 35.1 Å². The molecular formula is C22H38O4Si2. The number of carbonyl (C=O) groups is 2.